The van der Waals surface area contributed by atoms with Crippen molar-refractivity contribution >= 4 is 37.5 Å². The van der Waals surface area contributed by atoms with Crippen molar-refractivity contribution in [2.24, 2.45) is 4.99 Å². The summed E-state index contributed by atoms with van der Waals surface area (Å²) in [5, 5.41) is 0. The van der Waals surface area contributed by atoms with Crippen LogP contribution in [0.4, 0.5) is 0 Å². The molecule has 1 fully saturated rings. The van der Waals surface area contributed by atoms with Gasteiger partial charge in [-0.25, -0.2) is 8.42 Å². The zero-order chi connectivity index (χ0) is 21.2. The number of hydrogen-bond acceptors (Lipinski definition) is 5. The zero-order valence-electron chi connectivity index (χ0n) is 17.5. The molecule has 1 aliphatic rings. The van der Waals surface area contributed by atoms with E-state index in [1.165, 1.54) is 15.6 Å². The zero-order valence-corrected chi connectivity index (χ0v) is 19.1. The molecule has 1 aromatic heterocycles. The number of sulfonamides is 1. The molecule has 0 N–H and O–H groups in total. The fourth-order valence-electron chi connectivity index (χ4n) is 3.83. The molecule has 29 heavy (non-hydrogen) atoms. The van der Waals surface area contributed by atoms with E-state index in [-0.39, 0.29) is 5.91 Å². The monoisotopic (exact) mass is 439 g/mol. The minimum atomic E-state index is -3.45. The van der Waals surface area contributed by atoms with Crippen molar-refractivity contribution in [3.05, 3.63) is 28.1 Å². The third-order valence-electron chi connectivity index (χ3n) is 5.15. The normalized spacial score (nSPS) is 19.2. The van der Waals surface area contributed by atoms with Gasteiger partial charge in [-0.3, -0.25) is 4.79 Å². The van der Waals surface area contributed by atoms with Crippen LogP contribution in [0.3, 0.4) is 0 Å². The lowest BCUT2D eigenvalue weighted by atomic mass is 10.0. The second-order valence-corrected chi connectivity index (χ2v) is 10.4. The van der Waals surface area contributed by atoms with Gasteiger partial charge in [0.15, 0.2) is 4.80 Å². The van der Waals surface area contributed by atoms with Crippen molar-refractivity contribution in [1.82, 2.24) is 8.87 Å². The van der Waals surface area contributed by atoms with E-state index in [0.29, 0.717) is 37.5 Å². The molecule has 0 bridgehead atoms. The van der Waals surface area contributed by atoms with Crippen molar-refractivity contribution in [1.29, 1.82) is 0 Å². The Morgan fingerprint density at radius 1 is 1.31 bits per heavy atom. The molecule has 0 saturated carbocycles. The Balaban J connectivity index is 2.07. The van der Waals surface area contributed by atoms with Crippen LogP contribution in [0, 0.1) is 13.8 Å². The molecular weight excluding hydrogens is 410 g/mol. The highest BCUT2D eigenvalue weighted by molar-refractivity contribution is 7.88. The standard InChI is InChI=1S/C20H29N3O4S2/c1-5-27-11-10-22-17-13-14(2)12-15(3)18(17)28-20(22)21-19(24)16-8-6-7-9-23(16)29(4,25)26/h12-13,16H,5-11H2,1-4H3. The minimum absolute atomic E-state index is 0.375. The van der Waals surface area contributed by atoms with Gasteiger partial charge in [0.2, 0.25) is 10.0 Å². The van der Waals surface area contributed by atoms with Gasteiger partial charge >= 0.3 is 0 Å². The molecule has 1 amide bonds. The molecule has 1 aliphatic heterocycles. The molecule has 0 spiro atoms. The minimum Gasteiger partial charge on any atom is -0.380 e. The van der Waals surface area contributed by atoms with Gasteiger partial charge in [-0.2, -0.15) is 9.30 Å². The van der Waals surface area contributed by atoms with E-state index in [9.17, 15) is 13.2 Å². The largest absolute Gasteiger partial charge is 0.380 e. The van der Waals surface area contributed by atoms with Crippen LogP contribution in [0.1, 0.15) is 37.3 Å². The van der Waals surface area contributed by atoms with Gasteiger partial charge in [0.25, 0.3) is 5.91 Å². The summed E-state index contributed by atoms with van der Waals surface area (Å²) in [6, 6.07) is 3.49. The van der Waals surface area contributed by atoms with Crippen molar-refractivity contribution in [2.75, 3.05) is 26.0 Å². The molecule has 1 atom stereocenters. The first-order valence-electron chi connectivity index (χ1n) is 9.96. The molecule has 2 aromatic rings. The Morgan fingerprint density at radius 3 is 2.76 bits per heavy atom. The number of fused-ring (bicyclic) bond motifs is 1. The van der Waals surface area contributed by atoms with Crippen LogP contribution in [-0.4, -0.2) is 55.3 Å². The van der Waals surface area contributed by atoms with Gasteiger partial charge in [-0.05, 0) is 50.8 Å². The predicted molar refractivity (Wildman–Crippen MR) is 116 cm³/mol. The Kier molecular flexibility index (Phi) is 6.93. The van der Waals surface area contributed by atoms with Gasteiger partial charge in [-0.1, -0.05) is 23.8 Å². The highest BCUT2D eigenvalue weighted by atomic mass is 32.2. The second kappa shape index (κ2) is 9.07. The number of carbonyl (C=O) groups is 1. The summed E-state index contributed by atoms with van der Waals surface area (Å²) in [4.78, 5) is 18.0. The maximum atomic E-state index is 13.0. The van der Waals surface area contributed by atoms with E-state index in [1.54, 1.807) is 0 Å². The van der Waals surface area contributed by atoms with Gasteiger partial charge in [0.05, 0.1) is 23.1 Å². The van der Waals surface area contributed by atoms with Gasteiger partial charge in [0.1, 0.15) is 6.04 Å². The number of piperidine rings is 1. The number of nitrogens with zero attached hydrogens (tertiary/aromatic N) is 3. The SMILES string of the molecule is CCOCCn1c(=NC(=O)C2CCCCN2S(C)(=O)=O)sc2c(C)cc(C)cc21. The van der Waals surface area contributed by atoms with E-state index in [4.69, 9.17) is 4.74 Å². The summed E-state index contributed by atoms with van der Waals surface area (Å²) in [5.74, 6) is -0.388. The number of rotatable bonds is 6. The molecule has 3 rings (SSSR count). The van der Waals surface area contributed by atoms with E-state index in [0.717, 1.165) is 40.4 Å². The summed E-state index contributed by atoms with van der Waals surface area (Å²) in [7, 11) is -3.45. The van der Waals surface area contributed by atoms with Crippen LogP contribution in [0.25, 0.3) is 10.2 Å². The first kappa shape index (κ1) is 22.1. The molecule has 160 valence electrons. The summed E-state index contributed by atoms with van der Waals surface area (Å²) < 4.78 is 34.2. The molecule has 1 aromatic carbocycles. The number of hydrogen-bond donors (Lipinski definition) is 0. The Labute approximate surface area is 176 Å². The van der Waals surface area contributed by atoms with Gasteiger partial charge in [-0.15, -0.1) is 0 Å². The molecule has 9 heteroatoms. The average Bonchev–Trinajstić information content (AvgIpc) is 2.99. The molecule has 0 radical (unpaired) electrons. The van der Waals surface area contributed by atoms with Crippen LogP contribution in [0.15, 0.2) is 17.1 Å². The molecule has 2 heterocycles. The Morgan fingerprint density at radius 2 is 2.07 bits per heavy atom. The molecule has 1 saturated heterocycles. The maximum Gasteiger partial charge on any atom is 0.266 e. The summed E-state index contributed by atoms with van der Waals surface area (Å²) in [5.41, 5.74) is 3.31. The van der Waals surface area contributed by atoms with Gasteiger partial charge < -0.3 is 9.30 Å². The number of aromatic nitrogens is 1. The van der Waals surface area contributed by atoms with Crippen LogP contribution < -0.4 is 4.80 Å². The third kappa shape index (κ3) is 4.96. The highest BCUT2D eigenvalue weighted by Gasteiger charge is 2.34. The van der Waals surface area contributed by atoms with Crippen molar-refractivity contribution in [3.63, 3.8) is 0 Å². The number of amides is 1. The van der Waals surface area contributed by atoms with Crippen LogP contribution in [0.2, 0.25) is 0 Å². The number of thiazole rings is 1. The molecule has 0 aliphatic carbocycles. The van der Waals surface area contributed by atoms with E-state index < -0.39 is 16.1 Å². The topological polar surface area (TPSA) is 81.0 Å². The third-order valence-corrected chi connectivity index (χ3v) is 7.67. The second-order valence-electron chi connectivity index (χ2n) is 7.50. The lowest BCUT2D eigenvalue weighted by Gasteiger charge is -2.31. The summed E-state index contributed by atoms with van der Waals surface area (Å²) >= 11 is 1.47. The molecule has 1 unspecified atom stereocenters. The quantitative estimate of drug-likeness (QED) is 0.648. The summed E-state index contributed by atoms with van der Waals surface area (Å²) in [6.45, 7) is 8.15. The average molecular weight is 440 g/mol. The van der Waals surface area contributed by atoms with Crippen LogP contribution in [0.5, 0.6) is 0 Å². The highest BCUT2D eigenvalue weighted by Crippen LogP contribution is 2.24. The molecular formula is C20H29N3O4S2. The summed E-state index contributed by atoms with van der Waals surface area (Å²) in [6.07, 6.45) is 3.27. The van der Waals surface area contributed by atoms with E-state index >= 15 is 0 Å². The fourth-order valence-corrected chi connectivity index (χ4v) is 6.06. The van der Waals surface area contributed by atoms with E-state index in [1.807, 2.05) is 18.4 Å². The predicted octanol–water partition coefficient (Wildman–Crippen LogP) is 2.60. The lowest BCUT2D eigenvalue weighted by molar-refractivity contribution is -0.122. The van der Waals surface area contributed by atoms with Crippen LogP contribution in [-0.2, 0) is 26.1 Å². The smallest absolute Gasteiger partial charge is 0.266 e. The fraction of sp³-hybridized carbons (Fsp3) is 0.600. The number of carbonyl (C=O) groups excluding carboxylic acids is 1. The van der Waals surface area contributed by atoms with Crippen molar-refractivity contribution < 1.29 is 17.9 Å². The van der Waals surface area contributed by atoms with E-state index in [2.05, 4.69) is 24.0 Å². The lowest BCUT2D eigenvalue weighted by Crippen LogP contribution is -2.47. The Bertz CT molecular complexity index is 1070. The first-order chi connectivity index (χ1) is 13.7. The Hall–Kier alpha value is -1.55. The number of aryl methyl sites for hydroxylation is 2. The first-order valence-corrected chi connectivity index (χ1v) is 12.6. The van der Waals surface area contributed by atoms with Crippen LogP contribution >= 0.6 is 11.3 Å². The van der Waals surface area contributed by atoms with Crippen molar-refractivity contribution in [3.8, 4) is 0 Å². The van der Waals surface area contributed by atoms with Gasteiger partial charge in [0, 0.05) is 19.7 Å². The molecule has 7 nitrogen and oxygen atoms in total. The maximum absolute atomic E-state index is 13.0. The number of benzene rings is 1. The van der Waals surface area contributed by atoms with Crippen molar-refractivity contribution in [2.45, 2.75) is 52.6 Å². The number of ether oxygens (including phenoxy) is 1.